The maximum Gasteiger partial charge on any atom is 0.303 e. The number of hydrogen-bond donors (Lipinski definition) is 3. The Morgan fingerprint density at radius 3 is 2.81 bits per heavy atom. The van der Waals surface area contributed by atoms with Crippen molar-refractivity contribution in [1.29, 1.82) is 0 Å². The number of fused-ring (bicyclic) bond motifs is 3. The zero-order valence-electron chi connectivity index (χ0n) is 18.1. The van der Waals surface area contributed by atoms with Crippen molar-refractivity contribution in [1.82, 2.24) is 5.32 Å². The van der Waals surface area contributed by atoms with Gasteiger partial charge in [-0.3, -0.25) is 9.59 Å². The minimum Gasteiger partial charge on any atom is -0.508 e. The van der Waals surface area contributed by atoms with E-state index in [1.165, 1.54) is 17.8 Å². The van der Waals surface area contributed by atoms with E-state index < -0.39 is 5.97 Å². The van der Waals surface area contributed by atoms with Crippen LogP contribution in [0.1, 0.15) is 62.7 Å². The molecule has 0 unspecified atom stereocenters. The van der Waals surface area contributed by atoms with Gasteiger partial charge in [0.05, 0.1) is 5.56 Å². The molecule has 3 fully saturated rings. The summed E-state index contributed by atoms with van der Waals surface area (Å²) >= 11 is 1.52. The van der Waals surface area contributed by atoms with Crippen molar-refractivity contribution in [3.05, 3.63) is 41.3 Å². The third kappa shape index (κ3) is 4.36. The van der Waals surface area contributed by atoms with Gasteiger partial charge in [0.15, 0.2) is 0 Å². The smallest absolute Gasteiger partial charge is 0.303 e. The summed E-state index contributed by atoms with van der Waals surface area (Å²) in [6.45, 7) is 4.64. The van der Waals surface area contributed by atoms with Crippen molar-refractivity contribution in [3.8, 4) is 5.75 Å². The van der Waals surface area contributed by atoms with Crippen LogP contribution >= 0.6 is 11.3 Å². The van der Waals surface area contributed by atoms with Crippen LogP contribution in [0.3, 0.4) is 0 Å². The highest BCUT2D eigenvalue weighted by molar-refractivity contribution is 7.17. The molecule has 1 aromatic heterocycles. The topological polar surface area (TPSA) is 86.6 Å². The molecule has 1 heterocycles. The molecule has 3 N–H and O–H groups in total. The van der Waals surface area contributed by atoms with Crippen LogP contribution in [0.25, 0.3) is 10.1 Å². The molecule has 3 saturated carbocycles. The van der Waals surface area contributed by atoms with Gasteiger partial charge in [-0.25, -0.2) is 0 Å². The molecule has 3 aliphatic rings. The number of allylic oxidation sites excluding steroid dienone is 2. The lowest BCUT2D eigenvalue weighted by Gasteiger charge is -2.62. The Hall–Kier alpha value is -2.34. The fraction of sp³-hybridized carbons (Fsp3) is 0.520. The van der Waals surface area contributed by atoms with Crippen LogP contribution in [0, 0.1) is 23.2 Å². The fourth-order valence-corrected chi connectivity index (χ4v) is 6.47. The van der Waals surface area contributed by atoms with Crippen LogP contribution in [0.2, 0.25) is 0 Å². The number of carboxylic acid groups (broad SMARTS) is 1. The number of phenols is 1. The average Bonchev–Trinajstić information content (AvgIpc) is 3.13. The van der Waals surface area contributed by atoms with E-state index in [1.807, 2.05) is 11.4 Å². The molecular formula is C25H31NO4S. The predicted molar refractivity (Wildman–Crippen MR) is 123 cm³/mol. The van der Waals surface area contributed by atoms with Gasteiger partial charge in [0, 0.05) is 27.9 Å². The molecule has 4 atom stereocenters. The molecule has 0 aliphatic heterocycles. The molecule has 2 aromatic rings. The lowest BCUT2D eigenvalue weighted by atomic mass is 9.44. The number of aromatic hydroxyl groups is 1. The van der Waals surface area contributed by atoms with E-state index >= 15 is 0 Å². The van der Waals surface area contributed by atoms with Crippen LogP contribution < -0.4 is 5.32 Å². The molecule has 166 valence electrons. The Bertz CT molecular complexity index is 1010. The van der Waals surface area contributed by atoms with Gasteiger partial charge in [-0.05, 0) is 73.5 Å². The Balaban J connectivity index is 1.46. The maximum atomic E-state index is 13.2. The number of benzene rings is 1. The van der Waals surface area contributed by atoms with Crippen LogP contribution in [0.5, 0.6) is 5.75 Å². The first-order valence-electron chi connectivity index (χ1n) is 11.1. The van der Waals surface area contributed by atoms with E-state index in [9.17, 15) is 14.7 Å². The van der Waals surface area contributed by atoms with Crippen molar-refractivity contribution < 1.29 is 19.8 Å². The molecule has 5 rings (SSSR count). The monoisotopic (exact) mass is 441 g/mol. The number of phenolic OH excluding ortho intramolecular Hbond substituents is 1. The third-order valence-electron chi connectivity index (χ3n) is 7.54. The van der Waals surface area contributed by atoms with Gasteiger partial charge < -0.3 is 15.5 Å². The van der Waals surface area contributed by atoms with Gasteiger partial charge in [0.25, 0.3) is 5.91 Å². The highest BCUT2D eigenvalue weighted by Gasteiger charge is 2.57. The van der Waals surface area contributed by atoms with Crippen LogP contribution in [0.15, 0.2) is 35.7 Å². The first-order valence-corrected chi connectivity index (χ1v) is 12.0. The van der Waals surface area contributed by atoms with Crippen LogP contribution in [-0.4, -0.2) is 28.1 Å². The second-order valence-electron chi connectivity index (χ2n) is 9.68. The summed E-state index contributed by atoms with van der Waals surface area (Å²) in [5.41, 5.74) is 0.882. The number of hydrogen-bond acceptors (Lipinski definition) is 4. The van der Waals surface area contributed by atoms with Crippen LogP contribution in [-0.2, 0) is 4.79 Å². The number of rotatable bonds is 8. The van der Waals surface area contributed by atoms with Crippen molar-refractivity contribution >= 4 is 33.3 Å². The Morgan fingerprint density at radius 2 is 2.06 bits per heavy atom. The molecule has 5 nitrogen and oxygen atoms in total. The summed E-state index contributed by atoms with van der Waals surface area (Å²) in [5, 5.41) is 24.7. The zero-order valence-corrected chi connectivity index (χ0v) is 19.0. The Morgan fingerprint density at radius 1 is 1.26 bits per heavy atom. The van der Waals surface area contributed by atoms with Gasteiger partial charge in [-0.1, -0.05) is 26.0 Å². The van der Waals surface area contributed by atoms with Gasteiger partial charge in [-0.2, -0.15) is 0 Å². The molecule has 3 aliphatic carbocycles. The van der Waals surface area contributed by atoms with Crippen molar-refractivity contribution in [3.63, 3.8) is 0 Å². The molecule has 1 aromatic carbocycles. The molecule has 0 spiro atoms. The van der Waals surface area contributed by atoms with E-state index in [0.29, 0.717) is 29.7 Å². The second kappa shape index (κ2) is 8.65. The normalized spacial score (nSPS) is 26.6. The minimum atomic E-state index is -0.750. The summed E-state index contributed by atoms with van der Waals surface area (Å²) in [7, 11) is 0. The summed E-state index contributed by atoms with van der Waals surface area (Å²) in [5.74, 6) is 0.939. The van der Waals surface area contributed by atoms with E-state index in [1.54, 1.807) is 12.1 Å². The van der Waals surface area contributed by atoms with Crippen molar-refractivity contribution in [2.75, 3.05) is 0 Å². The number of thiophene rings is 1. The number of amides is 1. The summed E-state index contributed by atoms with van der Waals surface area (Å²) in [4.78, 5) is 23.9. The average molecular weight is 442 g/mol. The lowest BCUT2D eigenvalue weighted by molar-refractivity contribution is -0.137. The number of nitrogens with one attached hydrogen (secondary N) is 1. The van der Waals surface area contributed by atoms with Gasteiger partial charge >= 0.3 is 5.97 Å². The van der Waals surface area contributed by atoms with E-state index in [0.717, 1.165) is 29.3 Å². The van der Waals surface area contributed by atoms with E-state index in [4.69, 9.17) is 5.11 Å². The predicted octanol–water partition coefficient (Wildman–Crippen LogP) is 5.59. The number of aliphatic carboxylic acids is 1. The quantitative estimate of drug-likeness (QED) is 0.368. The van der Waals surface area contributed by atoms with E-state index in [-0.39, 0.29) is 29.5 Å². The largest absolute Gasteiger partial charge is 0.508 e. The van der Waals surface area contributed by atoms with E-state index in [2.05, 4.69) is 31.3 Å². The number of carbonyl (C=O) groups excluding carboxylic acids is 1. The molecule has 2 bridgehead atoms. The molecular weight excluding hydrogens is 410 g/mol. The molecule has 1 amide bonds. The molecule has 0 saturated heterocycles. The SMILES string of the molecule is CC1(C)[C@H]2C[C@@H](C/C=C\CCCC(=O)O)[C@H](NC(=O)c3csc4ccc(O)cc34)[C@@H]1C2. The summed E-state index contributed by atoms with van der Waals surface area (Å²) in [6.07, 6.45) is 9.08. The Labute approximate surface area is 187 Å². The fourth-order valence-electron chi connectivity index (χ4n) is 5.55. The van der Waals surface area contributed by atoms with Crippen LogP contribution in [0.4, 0.5) is 0 Å². The molecule has 31 heavy (non-hydrogen) atoms. The first kappa shape index (κ1) is 21.9. The van der Waals surface area contributed by atoms with Crippen molar-refractivity contribution in [2.45, 2.75) is 58.4 Å². The number of carbonyl (C=O) groups is 2. The van der Waals surface area contributed by atoms with Gasteiger partial charge in [0.2, 0.25) is 0 Å². The Kier molecular flexibility index (Phi) is 6.11. The number of carboxylic acids is 1. The molecule has 6 heteroatoms. The zero-order chi connectivity index (χ0) is 22.2. The minimum absolute atomic E-state index is 0.0570. The summed E-state index contributed by atoms with van der Waals surface area (Å²) < 4.78 is 0.997. The van der Waals surface area contributed by atoms with Gasteiger partial charge in [0.1, 0.15) is 5.75 Å². The lowest BCUT2D eigenvalue weighted by Crippen LogP contribution is -2.63. The number of unbranched alkanes of at least 4 members (excludes halogenated alkanes) is 1. The maximum absolute atomic E-state index is 13.2. The highest BCUT2D eigenvalue weighted by Crippen LogP contribution is 2.61. The van der Waals surface area contributed by atoms with Gasteiger partial charge in [-0.15, -0.1) is 11.3 Å². The molecule has 0 radical (unpaired) electrons. The standard InChI is InChI=1S/C25H31NO4S/c1-25(2)16-11-15(7-5-3-4-6-8-22(28)29)23(20(25)12-16)26-24(30)19-14-31-21-10-9-17(27)13-18(19)21/h3,5,9-10,13-16,20,23,27H,4,6-8,11-12H2,1-2H3,(H,26,30)(H,28,29)/b5-3-/t15-,16+,20+,23+/m1/s1. The highest BCUT2D eigenvalue weighted by atomic mass is 32.1. The van der Waals surface area contributed by atoms with Crippen molar-refractivity contribution in [2.24, 2.45) is 23.2 Å². The second-order valence-corrected chi connectivity index (χ2v) is 10.6. The first-order chi connectivity index (χ1) is 14.8. The third-order valence-corrected chi connectivity index (χ3v) is 8.50. The summed E-state index contributed by atoms with van der Waals surface area (Å²) in [6, 6.07) is 5.30.